The average Bonchev–Trinajstić information content (AvgIpc) is 1.61. The Labute approximate surface area is 57.9 Å². The summed E-state index contributed by atoms with van der Waals surface area (Å²) in [5.41, 5.74) is 0. The maximum atomic E-state index is 8.20. The van der Waals surface area contributed by atoms with Gasteiger partial charge in [0, 0.05) is 5.75 Å². The summed E-state index contributed by atoms with van der Waals surface area (Å²) >= 11 is 9.77. The van der Waals surface area contributed by atoms with Gasteiger partial charge in [-0.05, 0) is 0 Å². The summed E-state index contributed by atoms with van der Waals surface area (Å²) in [6.45, 7) is 0.172. The van der Waals surface area contributed by atoms with Gasteiger partial charge >= 0.3 is 0 Å². The third-order valence-corrected chi connectivity index (χ3v) is 1.69. The molecule has 0 spiro atoms. The van der Waals surface area contributed by atoms with E-state index in [1.54, 1.807) is 0 Å². The van der Waals surface area contributed by atoms with Crippen molar-refractivity contribution in [2.24, 2.45) is 0 Å². The van der Waals surface area contributed by atoms with E-state index < -0.39 is 0 Å². The van der Waals surface area contributed by atoms with E-state index in [1.165, 1.54) is 11.8 Å². The van der Waals surface area contributed by atoms with Crippen LogP contribution in [0.3, 0.4) is 0 Å². The molecule has 0 atom stereocenters. The van der Waals surface area contributed by atoms with Crippen LogP contribution in [0.1, 0.15) is 0 Å². The van der Waals surface area contributed by atoms with E-state index in [2.05, 4.69) is 24.8 Å². The Kier molecular flexibility index (Phi) is 5.42. The molecule has 0 aromatic heterocycles. The highest BCUT2D eigenvalue weighted by molar-refractivity contribution is 8.41. The molecule has 1 nitrogen and oxygen atoms in total. The number of thiol groups is 1. The van der Waals surface area contributed by atoms with Crippen LogP contribution < -0.4 is 0 Å². The van der Waals surface area contributed by atoms with Crippen LogP contribution in [-0.2, 0) is 0 Å². The lowest BCUT2D eigenvalue weighted by molar-refractivity contribution is 0.323. The zero-order valence-corrected chi connectivity index (χ0v) is 6.15. The quantitative estimate of drug-likeness (QED) is 0.456. The van der Waals surface area contributed by atoms with E-state index in [0.717, 1.165) is 0 Å². The molecule has 0 radical (unpaired) electrons. The summed E-state index contributed by atoms with van der Waals surface area (Å²) in [5.74, 6) is 0.655. The Bertz CT molecular complexity index is 63.2. The molecule has 0 saturated carbocycles. The minimum absolute atomic E-state index is 0.172. The SMILES string of the molecule is OCCSC(=S)S. The second kappa shape index (κ2) is 4.90. The fourth-order valence-corrected chi connectivity index (χ4v) is 0.923. The summed E-state index contributed by atoms with van der Waals surface area (Å²) in [6, 6.07) is 0. The molecule has 1 N–H and O–H groups in total. The van der Waals surface area contributed by atoms with Gasteiger partial charge in [0.25, 0.3) is 0 Å². The molecule has 0 fully saturated rings. The van der Waals surface area contributed by atoms with Crippen molar-refractivity contribution in [3.05, 3.63) is 0 Å². The maximum absolute atomic E-state index is 8.20. The predicted molar refractivity (Wildman–Crippen MR) is 41.1 cm³/mol. The first kappa shape index (κ1) is 7.75. The third kappa shape index (κ3) is 6.75. The second-order valence-electron chi connectivity index (χ2n) is 0.838. The van der Waals surface area contributed by atoms with Crippen LogP contribution in [0.5, 0.6) is 0 Å². The lowest BCUT2D eigenvalue weighted by atomic mass is 10.9. The number of thioether (sulfide) groups is 1. The van der Waals surface area contributed by atoms with E-state index in [4.69, 9.17) is 5.11 Å². The summed E-state index contributed by atoms with van der Waals surface area (Å²) in [4.78, 5) is 0. The molecular formula is C3H6OS3. The van der Waals surface area contributed by atoms with E-state index in [1.807, 2.05) is 0 Å². The van der Waals surface area contributed by atoms with E-state index in [9.17, 15) is 0 Å². The van der Waals surface area contributed by atoms with Crippen molar-refractivity contribution >= 4 is 40.1 Å². The zero-order valence-electron chi connectivity index (χ0n) is 3.63. The summed E-state index contributed by atoms with van der Waals surface area (Å²) in [6.07, 6.45) is 0. The van der Waals surface area contributed by atoms with Gasteiger partial charge in [0.1, 0.15) is 3.53 Å². The number of hydrogen-bond acceptors (Lipinski definition) is 3. The molecule has 0 saturated heterocycles. The van der Waals surface area contributed by atoms with Crippen molar-refractivity contribution in [1.82, 2.24) is 0 Å². The third-order valence-electron chi connectivity index (χ3n) is 0.317. The lowest BCUT2D eigenvalue weighted by Crippen LogP contribution is -1.86. The molecule has 0 aromatic carbocycles. The fourth-order valence-electron chi connectivity index (χ4n) is 0.133. The zero-order chi connectivity index (χ0) is 5.70. The maximum Gasteiger partial charge on any atom is 0.101 e. The van der Waals surface area contributed by atoms with Crippen LogP contribution in [0.4, 0.5) is 0 Å². The van der Waals surface area contributed by atoms with Crippen molar-refractivity contribution in [2.45, 2.75) is 0 Å². The molecule has 42 valence electrons. The van der Waals surface area contributed by atoms with Gasteiger partial charge in [-0.25, -0.2) is 0 Å². The highest BCUT2D eigenvalue weighted by Crippen LogP contribution is 2.04. The van der Waals surface area contributed by atoms with Crippen molar-refractivity contribution in [1.29, 1.82) is 0 Å². The van der Waals surface area contributed by atoms with Crippen LogP contribution in [0.2, 0.25) is 0 Å². The van der Waals surface area contributed by atoms with E-state index >= 15 is 0 Å². The van der Waals surface area contributed by atoms with Gasteiger partial charge in [0.05, 0.1) is 6.61 Å². The van der Waals surface area contributed by atoms with Crippen molar-refractivity contribution in [3.8, 4) is 0 Å². The number of thiocarbonyl (C=S) groups is 1. The van der Waals surface area contributed by atoms with Crippen LogP contribution in [0.25, 0.3) is 0 Å². The molecule has 0 rings (SSSR count). The first-order chi connectivity index (χ1) is 3.27. The van der Waals surface area contributed by atoms with E-state index in [0.29, 0.717) is 9.28 Å². The van der Waals surface area contributed by atoms with Crippen LogP contribution in [0.15, 0.2) is 0 Å². The molecule has 0 heterocycles. The van der Waals surface area contributed by atoms with Gasteiger partial charge in [-0.15, -0.1) is 24.4 Å². The lowest BCUT2D eigenvalue weighted by Gasteiger charge is -1.88. The van der Waals surface area contributed by atoms with Gasteiger partial charge in [-0.2, -0.15) is 0 Å². The monoisotopic (exact) mass is 154 g/mol. The standard InChI is InChI=1S/C3H6OS3/c4-1-2-7-3(5)6/h4H,1-2H2,(H,5,6). The summed E-state index contributed by atoms with van der Waals surface area (Å²) in [5, 5.41) is 8.20. The second-order valence-corrected chi connectivity index (χ2v) is 3.66. The van der Waals surface area contributed by atoms with Gasteiger partial charge in [0.15, 0.2) is 0 Å². The molecule has 0 aliphatic rings. The Hall–Kier alpha value is 0.750. The molecule has 0 amide bonds. The molecule has 0 aliphatic carbocycles. The molecule has 0 aromatic rings. The summed E-state index contributed by atoms with van der Waals surface area (Å²) < 4.78 is 0.592. The highest BCUT2D eigenvalue weighted by atomic mass is 32.2. The molecule has 7 heavy (non-hydrogen) atoms. The fraction of sp³-hybridized carbons (Fsp3) is 0.667. The van der Waals surface area contributed by atoms with Crippen molar-refractivity contribution in [2.75, 3.05) is 12.4 Å². The molecule has 4 heteroatoms. The molecule has 0 unspecified atom stereocenters. The van der Waals surface area contributed by atoms with Gasteiger partial charge in [-0.1, -0.05) is 12.2 Å². The van der Waals surface area contributed by atoms with Gasteiger partial charge in [-0.3, -0.25) is 0 Å². The van der Waals surface area contributed by atoms with Crippen LogP contribution in [-0.4, -0.2) is 21.0 Å². The topological polar surface area (TPSA) is 20.2 Å². The number of rotatable bonds is 2. The first-order valence-corrected chi connectivity index (χ1v) is 3.58. The Balaban J connectivity index is 2.82. The summed E-state index contributed by atoms with van der Waals surface area (Å²) in [7, 11) is 0. The number of hydrogen-bond donors (Lipinski definition) is 2. The largest absolute Gasteiger partial charge is 0.396 e. The highest BCUT2D eigenvalue weighted by Gasteiger charge is 1.85. The van der Waals surface area contributed by atoms with E-state index in [-0.39, 0.29) is 6.61 Å². The Morgan fingerprint density at radius 1 is 1.86 bits per heavy atom. The minimum atomic E-state index is 0.172. The minimum Gasteiger partial charge on any atom is -0.396 e. The van der Waals surface area contributed by atoms with Gasteiger partial charge < -0.3 is 5.11 Å². The average molecular weight is 154 g/mol. The number of aliphatic hydroxyl groups is 1. The first-order valence-electron chi connectivity index (χ1n) is 1.74. The van der Waals surface area contributed by atoms with Crippen molar-refractivity contribution < 1.29 is 5.11 Å². The van der Waals surface area contributed by atoms with Crippen LogP contribution in [0, 0.1) is 0 Å². The molecule has 0 aliphatic heterocycles. The molecule has 0 bridgehead atoms. The normalized spacial score (nSPS) is 8.86. The Morgan fingerprint density at radius 3 is 2.57 bits per heavy atom. The number of aliphatic hydroxyl groups excluding tert-OH is 1. The molecular weight excluding hydrogens is 148 g/mol. The van der Waals surface area contributed by atoms with Crippen molar-refractivity contribution in [3.63, 3.8) is 0 Å². The van der Waals surface area contributed by atoms with Gasteiger partial charge in [0.2, 0.25) is 0 Å². The predicted octanol–water partition coefficient (Wildman–Crippen LogP) is 0.927. The van der Waals surface area contributed by atoms with Crippen LogP contribution >= 0.6 is 36.6 Å². The smallest absolute Gasteiger partial charge is 0.101 e. The Morgan fingerprint density at radius 2 is 2.43 bits per heavy atom.